The van der Waals surface area contributed by atoms with Crippen LogP contribution in [-0.4, -0.2) is 97.4 Å². The molecule has 1 aromatic rings. The predicted molar refractivity (Wildman–Crippen MR) is 235 cm³/mol. The highest BCUT2D eigenvalue weighted by atomic mass is 16.8. The van der Waals surface area contributed by atoms with Crippen LogP contribution in [0, 0.1) is 41.4 Å². The van der Waals surface area contributed by atoms with Crippen molar-refractivity contribution in [3.05, 3.63) is 48.0 Å². The van der Waals surface area contributed by atoms with Crippen LogP contribution in [0.2, 0.25) is 0 Å². The fourth-order valence-electron chi connectivity index (χ4n) is 12.0. The summed E-state index contributed by atoms with van der Waals surface area (Å²) < 4.78 is 34.3. The first kappa shape index (κ1) is 48.5. The van der Waals surface area contributed by atoms with Crippen LogP contribution in [0.1, 0.15) is 146 Å². The lowest BCUT2D eigenvalue weighted by molar-refractivity contribution is -0.412. The highest BCUT2D eigenvalue weighted by molar-refractivity contribution is 5.79. The van der Waals surface area contributed by atoms with Gasteiger partial charge in [0.25, 0.3) is 0 Å². The average molecular weight is 856 g/mol. The first-order valence-corrected chi connectivity index (χ1v) is 23.9. The second kappa shape index (κ2) is 18.9. The topological polar surface area (TPSA) is 156 Å². The second-order valence-corrected chi connectivity index (χ2v) is 20.6. The lowest BCUT2D eigenvalue weighted by atomic mass is 9.66. The lowest BCUT2D eigenvalue weighted by Crippen LogP contribution is -2.64. The number of ether oxygens (including phenoxy) is 5. The van der Waals surface area contributed by atoms with Gasteiger partial charge in [-0.25, -0.2) is 0 Å². The summed E-state index contributed by atoms with van der Waals surface area (Å²) >= 11 is 0. The quantitative estimate of drug-likeness (QED) is 0.118. The standard InChI is InChI=1S/C50H81NO10/c1-12-37(45(54)51-29-36-18-16-15-17-19-36)39-21-20-30(4)43(58-39)33(7)42(53)34(8)47(11,55)38(13-2)44-31(5)28-32(6)49(59-44)25-22-40(52)50(61-49)27-26-46(10,60-50)41-23-24-48(56,14-3)35(9)57-41/h15-19,22,25,30-35,37-44,52-53,55-56H,12-14,20-21,23-24,26-29H2,1-11H3,(H,51,54)/t30-,31-,32+,33-,34-,35-,37+,38+,39+,40+,41+,42-,43+,44-,46-,47-,48+,49-,50-/m0/s1. The van der Waals surface area contributed by atoms with Gasteiger partial charge in [0.1, 0.15) is 6.10 Å². The molecule has 0 aliphatic carbocycles. The van der Waals surface area contributed by atoms with Crippen LogP contribution in [0.25, 0.3) is 0 Å². The minimum absolute atomic E-state index is 0.0159. The van der Waals surface area contributed by atoms with E-state index in [9.17, 15) is 25.2 Å². The Morgan fingerprint density at radius 1 is 0.934 bits per heavy atom. The van der Waals surface area contributed by atoms with Crippen LogP contribution in [0.4, 0.5) is 0 Å². The van der Waals surface area contributed by atoms with Crippen LogP contribution < -0.4 is 5.32 Å². The summed E-state index contributed by atoms with van der Waals surface area (Å²) in [5, 5.41) is 50.7. The van der Waals surface area contributed by atoms with Gasteiger partial charge in [-0.05, 0) is 108 Å². The average Bonchev–Trinajstić information content (AvgIpc) is 3.59. The van der Waals surface area contributed by atoms with Gasteiger partial charge in [-0.2, -0.15) is 0 Å². The number of carbonyl (C=O) groups is 1. The Kier molecular flexibility index (Phi) is 15.0. The van der Waals surface area contributed by atoms with Gasteiger partial charge < -0.3 is 49.4 Å². The van der Waals surface area contributed by atoms with Gasteiger partial charge in [-0.3, -0.25) is 4.79 Å². The van der Waals surface area contributed by atoms with E-state index < -0.39 is 52.6 Å². The molecule has 4 fully saturated rings. The van der Waals surface area contributed by atoms with E-state index in [1.807, 2.05) is 84.9 Å². The Bertz CT molecular complexity index is 1640. The predicted octanol–water partition coefficient (Wildman–Crippen LogP) is 7.60. The van der Waals surface area contributed by atoms with Gasteiger partial charge in [-0.1, -0.05) is 85.7 Å². The van der Waals surface area contributed by atoms with Gasteiger partial charge >= 0.3 is 0 Å². The zero-order valence-electron chi connectivity index (χ0n) is 39.1. The molecule has 346 valence electrons. The molecule has 0 bridgehead atoms. The van der Waals surface area contributed by atoms with Crippen LogP contribution in [-0.2, 0) is 35.0 Å². The van der Waals surface area contributed by atoms with Crippen molar-refractivity contribution in [2.24, 2.45) is 41.4 Å². The first-order chi connectivity index (χ1) is 28.7. The van der Waals surface area contributed by atoms with Crippen molar-refractivity contribution >= 4 is 5.91 Å². The Balaban J connectivity index is 1.15. The normalized spacial score (nSPS) is 42.7. The van der Waals surface area contributed by atoms with Crippen molar-refractivity contribution in [2.75, 3.05) is 0 Å². The Morgan fingerprint density at radius 2 is 1.64 bits per heavy atom. The summed E-state index contributed by atoms with van der Waals surface area (Å²) in [6.45, 7) is 22.7. The summed E-state index contributed by atoms with van der Waals surface area (Å²) in [6, 6.07) is 9.90. The van der Waals surface area contributed by atoms with E-state index in [2.05, 4.69) is 33.0 Å². The molecular formula is C50H81NO10. The number of carbonyl (C=O) groups excluding carboxylic acids is 1. The van der Waals surface area contributed by atoms with Crippen molar-refractivity contribution in [1.29, 1.82) is 0 Å². The maximum absolute atomic E-state index is 13.5. The maximum Gasteiger partial charge on any atom is 0.225 e. The molecule has 0 unspecified atom stereocenters. The maximum atomic E-state index is 13.5. The Morgan fingerprint density at radius 3 is 2.28 bits per heavy atom. The first-order valence-electron chi connectivity index (χ1n) is 23.9. The van der Waals surface area contributed by atoms with Crippen molar-refractivity contribution in [3.8, 4) is 0 Å². The molecule has 6 rings (SSSR count). The molecule has 5 N–H and O–H groups in total. The van der Waals surface area contributed by atoms with E-state index in [0.717, 1.165) is 24.8 Å². The number of benzene rings is 1. The van der Waals surface area contributed by atoms with E-state index >= 15 is 0 Å². The molecule has 5 aliphatic heterocycles. The molecule has 61 heavy (non-hydrogen) atoms. The number of amides is 1. The number of nitrogens with one attached hydrogen (secondary N) is 1. The minimum atomic E-state index is -1.36. The number of hydrogen-bond acceptors (Lipinski definition) is 10. The molecule has 0 saturated carbocycles. The van der Waals surface area contributed by atoms with E-state index in [-0.39, 0.29) is 65.8 Å². The van der Waals surface area contributed by atoms with Gasteiger partial charge in [0.2, 0.25) is 11.7 Å². The smallest absolute Gasteiger partial charge is 0.225 e. The lowest BCUT2D eigenvalue weighted by Gasteiger charge is -2.56. The zero-order valence-corrected chi connectivity index (χ0v) is 39.1. The number of hydrogen-bond donors (Lipinski definition) is 5. The van der Waals surface area contributed by atoms with Crippen LogP contribution in [0.15, 0.2) is 42.5 Å². The molecule has 11 heteroatoms. The number of aliphatic hydroxyl groups excluding tert-OH is 2. The van der Waals surface area contributed by atoms with E-state index in [1.54, 1.807) is 6.08 Å². The third-order valence-electron chi connectivity index (χ3n) is 16.6. The van der Waals surface area contributed by atoms with Crippen molar-refractivity contribution in [2.45, 2.75) is 218 Å². The number of rotatable bonds is 14. The van der Waals surface area contributed by atoms with Gasteiger partial charge in [-0.15, -0.1) is 0 Å². The van der Waals surface area contributed by atoms with Gasteiger partial charge in [0.05, 0.1) is 59.3 Å². The minimum Gasteiger partial charge on any atom is -0.392 e. The number of aliphatic hydroxyl groups is 4. The van der Waals surface area contributed by atoms with Gasteiger partial charge in [0.15, 0.2) is 5.79 Å². The van der Waals surface area contributed by atoms with Crippen LogP contribution in [0.3, 0.4) is 0 Å². The molecule has 5 heterocycles. The van der Waals surface area contributed by atoms with Crippen molar-refractivity contribution in [3.63, 3.8) is 0 Å². The fourth-order valence-corrected chi connectivity index (χ4v) is 12.0. The molecular weight excluding hydrogens is 775 g/mol. The summed E-state index contributed by atoms with van der Waals surface area (Å²) in [5.41, 5.74) is -1.92. The zero-order chi connectivity index (χ0) is 44.7. The Hall–Kier alpha value is -1.93. The molecule has 0 aromatic heterocycles. The van der Waals surface area contributed by atoms with Crippen LogP contribution in [0.5, 0.6) is 0 Å². The monoisotopic (exact) mass is 856 g/mol. The third-order valence-corrected chi connectivity index (χ3v) is 16.6. The molecule has 1 amide bonds. The molecule has 5 aliphatic rings. The summed E-state index contributed by atoms with van der Waals surface area (Å²) in [5.74, 6) is -4.00. The summed E-state index contributed by atoms with van der Waals surface area (Å²) in [6.07, 6.45) is 6.61. The van der Waals surface area contributed by atoms with Gasteiger partial charge in [0, 0.05) is 36.6 Å². The van der Waals surface area contributed by atoms with E-state index in [4.69, 9.17) is 23.7 Å². The van der Waals surface area contributed by atoms with Crippen molar-refractivity contribution < 1.29 is 48.9 Å². The van der Waals surface area contributed by atoms with E-state index in [0.29, 0.717) is 51.5 Å². The fraction of sp³-hybridized carbons (Fsp3) is 0.820. The highest BCUT2D eigenvalue weighted by Crippen LogP contribution is 2.55. The Labute approximate surface area is 366 Å². The summed E-state index contributed by atoms with van der Waals surface area (Å²) in [7, 11) is 0. The van der Waals surface area contributed by atoms with Crippen LogP contribution >= 0.6 is 0 Å². The molecule has 1 aromatic carbocycles. The van der Waals surface area contributed by atoms with E-state index in [1.165, 1.54) is 0 Å². The molecule has 2 spiro atoms. The summed E-state index contributed by atoms with van der Waals surface area (Å²) in [4.78, 5) is 13.5. The van der Waals surface area contributed by atoms with Crippen molar-refractivity contribution in [1.82, 2.24) is 5.32 Å². The molecule has 19 atom stereocenters. The molecule has 0 radical (unpaired) electrons. The third kappa shape index (κ3) is 9.44. The molecule has 4 saturated heterocycles. The largest absolute Gasteiger partial charge is 0.392 e. The molecule has 11 nitrogen and oxygen atoms in total. The highest BCUT2D eigenvalue weighted by Gasteiger charge is 2.63. The second-order valence-electron chi connectivity index (χ2n) is 20.6. The SMILES string of the molecule is CC[C@H]([C@H]1O[C@]2(C=C[C@@H](O)[C@]3(CC[C@@](C)([C@H]4CC[C@](O)(CC)[C@H](C)O4)O3)O2)[C@H](C)C[C@@H]1C)[C@@](C)(O)[C@@H](C)[C@@H](O)[C@H](C)[C@@H]1O[C@@H]([C@@H](CC)C(=O)NCc2ccccc2)CC[C@@H]1C.